The van der Waals surface area contributed by atoms with E-state index in [0.717, 1.165) is 58.3 Å². The summed E-state index contributed by atoms with van der Waals surface area (Å²) < 4.78 is 0. The van der Waals surface area contributed by atoms with E-state index < -0.39 is 0 Å². The summed E-state index contributed by atoms with van der Waals surface area (Å²) in [6.07, 6.45) is 5.39. The number of likely N-dealkylation sites (tertiary alicyclic amines) is 1. The summed E-state index contributed by atoms with van der Waals surface area (Å²) in [6.45, 7) is 5.96. The van der Waals surface area contributed by atoms with Gasteiger partial charge < -0.3 is 10.2 Å². The largest absolute Gasteiger partial charge is 0.371 e. The maximum absolute atomic E-state index is 12.3. The van der Waals surface area contributed by atoms with E-state index in [-0.39, 0.29) is 24.0 Å². The average molecular weight is 370 g/mol. The third kappa shape index (κ3) is 4.43. The number of rotatable bonds is 5. The molecule has 1 aromatic rings. The molecule has 1 saturated heterocycles. The number of hydrogen-bond donors (Lipinski definition) is 2. The predicted octanol–water partition coefficient (Wildman–Crippen LogP) is 2.14. The Kier molecular flexibility index (Phi) is 5.34. The molecule has 2 aliphatic heterocycles. The molecule has 1 saturated carbocycles. The van der Waals surface area contributed by atoms with Gasteiger partial charge >= 0.3 is 6.03 Å². The van der Waals surface area contributed by atoms with Crippen LogP contribution in [0.3, 0.4) is 0 Å². The zero-order valence-electron chi connectivity index (χ0n) is 16.1. The molecule has 146 valence electrons. The van der Waals surface area contributed by atoms with Crippen LogP contribution in [0.4, 0.5) is 10.5 Å². The van der Waals surface area contributed by atoms with Gasteiger partial charge in [0.05, 0.1) is 6.04 Å². The van der Waals surface area contributed by atoms with Gasteiger partial charge in [0.15, 0.2) is 0 Å². The molecule has 0 bridgehead atoms. The normalized spacial score (nSPS) is 21.6. The van der Waals surface area contributed by atoms with Crippen LogP contribution in [0, 0.1) is 5.92 Å². The molecule has 3 amide bonds. The van der Waals surface area contributed by atoms with Crippen LogP contribution in [-0.2, 0) is 11.2 Å². The maximum atomic E-state index is 12.3. The highest BCUT2D eigenvalue weighted by Gasteiger charge is 2.30. The smallest absolute Gasteiger partial charge is 0.321 e. The van der Waals surface area contributed by atoms with Gasteiger partial charge in [-0.05, 0) is 69.7 Å². The first-order chi connectivity index (χ1) is 13.1. The summed E-state index contributed by atoms with van der Waals surface area (Å²) in [5, 5.41) is 5.29. The lowest BCUT2D eigenvalue weighted by Crippen LogP contribution is -2.52. The van der Waals surface area contributed by atoms with Crippen molar-refractivity contribution in [3.05, 3.63) is 29.8 Å². The molecule has 6 heteroatoms. The van der Waals surface area contributed by atoms with E-state index in [1.807, 2.05) is 6.92 Å². The quantitative estimate of drug-likeness (QED) is 0.834. The Hall–Kier alpha value is -2.08. The van der Waals surface area contributed by atoms with Crippen LogP contribution >= 0.6 is 0 Å². The van der Waals surface area contributed by atoms with Crippen molar-refractivity contribution in [2.24, 2.45) is 5.92 Å². The van der Waals surface area contributed by atoms with Gasteiger partial charge in [-0.25, -0.2) is 4.79 Å². The topological polar surface area (TPSA) is 64.7 Å². The van der Waals surface area contributed by atoms with Crippen molar-refractivity contribution in [2.45, 2.75) is 51.1 Å². The van der Waals surface area contributed by atoms with Crippen molar-refractivity contribution in [1.29, 1.82) is 0 Å². The molecule has 2 fully saturated rings. The fourth-order valence-corrected chi connectivity index (χ4v) is 4.26. The number of amides is 3. The van der Waals surface area contributed by atoms with Gasteiger partial charge in [-0.15, -0.1) is 0 Å². The Morgan fingerprint density at radius 2 is 1.85 bits per heavy atom. The first kappa shape index (κ1) is 18.3. The number of hydrogen-bond acceptors (Lipinski definition) is 4. The minimum atomic E-state index is -0.350. The summed E-state index contributed by atoms with van der Waals surface area (Å²) in [7, 11) is 0. The lowest BCUT2D eigenvalue weighted by molar-refractivity contribution is -0.125. The maximum Gasteiger partial charge on any atom is 0.321 e. The zero-order valence-corrected chi connectivity index (χ0v) is 16.1. The van der Waals surface area contributed by atoms with E-state index in [1.165, 1.54) is 11.3 Å². The van der Waals surface area contributed by atoms with Crippen LogP contribution < -0.4 is 15.5 Å². The van der Waals surface area contributed by atoms with Crippen molar-refractivity contribution >= 4 is 17.6 Å². The predicted molar refractivity (Wildman–Crippen MR) is 106 cm³/mol. The lowest BCUT2D eigenvalue weighted by Gasteiger charge is -2.37. The minimum Gasteiger partial charge on any atom is -0.371 e. The van der Waals surface area contributed by atoms with Crippen LogP contribution in [0.5, 0.6) is 0 Å². The van der Waals surface area contributed by atoms with Crippen LogP contribution in [-0.4, -0.2) is 55.1 Å². The molecule has 1 unspecified atom stereocenters. The molecule has 2 N–H and O–H groups in total. The van der Waals surface area contributed by atoms with Gasteiger partial charge in [-0.1, -0.05) is 18.2 Å². The van der Waals surface area contributed by atoms with Gasteiger partial charge in [0.25, 0.3) is 0 Å². The van der Waals surface area contributed by atoms with Gasteiger partial charge in [-0.2, -0.15) is 0 Å². The number of carbonyl (C=O) groups excluding carboxylic acids is 2. The molecule has 1 aliphatic carbocycles. The fraction of sp³-hybridized carbons (Fsp3) is 0.619. The summed E-state index contributed by atoms with van der Waals surface area (Å²) >= 11 is 0. The molecule has 0 aromatic heterocycles. The van der Waals surface area contributed by atoms with Crippen LogP contribution in [0.25, 0.3) is 0 Å². The number of fused-ring (bicyclic) bond motifs is 1. The van der Waals surface area contributed by atoms with Crippen LogP contribution in [0.1, 0.15) is 38.2 Å². The Morgan fingerprint density at radius 3 is 2.59 bits per heavy atom. The summed E-state index contributed by atoms with van der Waals surface area (Å²) in [5.74, 6) is 0.473. The second-order valence-electron chi connectivity index (χ2n) is 8.22. The first-order valence-corrected chi connectivity index (χ1v) is 10.3. The number of carbonyl (C=O) groups is 2. The van der Waals surface area contributed by atoms with E-state index in [2.05, 4.69) is 44.7 Å². The molecule has 0 radical (unpaired) electrons. The molecule has 27 heavy (non-hydrogen) atoms. The third-order valence-corrected chi connectivity index (χ3v) is 6.19. The third-order valence-electron chi connectivity index (χ3n) is 6.19. The van der Waals surface area contributed by atoms with E-state index in [4.69, 9.17) is 0 Å². The summed E-state index contributed by atoms with van der Waals surface area (Å²) in [5.41, 5.74) is 2.86. The molecule has 4 rings (SSSR count). The Morgan fingerprint density at radius 1 is 1.11 bits per heavy atom. The number of para-hydroxylation sites is 1. The Balaban J connectivity index is 1.22. The fourth-order valence-electron chi connectivity index (χ4n) is 4.26. The highest BCUT2D eigenvalue weighted by molar-refractivity contribution is 5.97. The second kappa shape index (κ2) is 7.89. The molecular weight excluding hydrogens is 340 g/mol. The zero-order chi connectivity index (χ0) is 18.8. The molecule has 2 heterocycles. The summed E-state index contributed by atoms with van der Waals surface area (Å²) in [6, 6.07) is 8.37. The van der Waals surface area contributed by atoms with E-state index >= 15 is 0 Å². The van der Waals surface area contributed by atoms with Crippen molar-refractivity contribution in [2.75, 3.05) is 31.1 Å². The molecule has 1 atom stereocenters. The number of nitrogens with one attached hydrogen (secondary N) is 2. The number of imide groups is 1. The molecule has 6 nitrogen and oxygen atoms in total. The van der Waals surface area contributed by atoms with Crippen molar-refractivity contribution in [3.8, 4) is 0 Å². The lowest BCUT2D eigenvalue weighted by atomic mass is 9.95. The average Bonchev–Trinajstić information content (AvgIpc) is 3.40. The highest BCUT2D eigenvalue weighted by Crippen LogP contribution is 2.30. The first-order valence-electron chi connectivity index (χ1n) is 10.3. The van der Waals surface area contributed by atoms with Crippen molar-refractivity contribution < 1.29 is 9.59 Å². The van der Waals surface area contributed by atoms with Gasteiger partial charge in [0.1, 0.15) is 0 Å². The number of piperidine rings is 1. The van der Waals surface area contributed by atoms with Gasteiger partial charge in [-0.3, -0.25) is 15.0 Å². The van der Waals surface area contributed by atoms with Gasteiger partial charge in [0, 0.05) is 24.8 Å². The van der Waals surface area contributed by atoms with Crippen LogP contribution in [0.2, 0.25) is 0 Å². The number of anilines is 1. The molecular formula is C21H30N4O2. The standard InChI is InChI=1S/C21H30N4O2/c1-15(20(26)23-21(27)22-18-6-7-18)24-11-8-16(9-12-24)14-25-13-10-17-4-2-3-5-19(17)25/h2-5,15-16,18H,6-14H2,1H3,(H2,22,23,26,27). The minimum absolute atomic E-state index is 0.194. The molecule has 3 aliphatic rings. The van der Waals surface area contributed by atoms with Crippen LogP contribution in [0.15, 0.2) is 24.3 Å². The van der Waals surface area contributed by atoms with E-state index in [9.17, 15) is 9.59 Å². The SMILES string of the molecule is CC(C(=O)NC(=O)NC1CC1)N1CCC(CN2CCc3ccccc32)CC1. The highest BCUT2D eigenvalue weighted by atomic mass is 16.2. The van der Waals surface area contributed by atoms with Crippen molar-refractivity contribution in [3.63, 3.8) is 0 Å². The second-order valence-corrected chi connectivity index (χ2v) is 8.22. The van der Waals surface area contributed by atoms with Gasteiger partial charge in [0.2, 0.25) is 5.91 Å². The van der Waals surface area contributed by atoms with Crippen molar-refractivity contribution in [1.82, 2.24) is 15.5 Å². The number of urea groups is 1. The summed E-state index contributed by atoms with van der Waals surface area (Å²) in [4.78, 5) is 28.8. The monoisotopic (exact) mass is 370 g/mol. The Bertz CT molecular complexity index is 695. The molecule has 0 spiro atoms. The molecule has 1 aromatic carbocycles. The van der Waals surface area contributed by atoms with E-state index in [1.54, 1.807) is 0 Å². The number of nitrogens with zero attached hydrogens (tertiary/aromatic N) is 2. The van der Waals surface area contributed by atoms with E-state index in [0.29, 0.717) is 5.92 Å². The Labute approximate surface area is 161 Å². The number of benzene rings is 1.